The van der Waals surface area contributed by atoms with E-state index >= 15 is 0 Å². The minimum atomic E-state index is -0.301. The molecule has 1 aromatic rings. The molecule has 0 saturated heterocycles. The number of aliphatic imine (C=N–C) groups is 1. The summed E-state index contributed by atoms with van der Waals surface area (Å²) in [6.07, 6.45) is 10.8. The van der Waals surface area contributed by atoms with Crippen LogP contribution in [0.3, 0.4) is 0 Å². The van der Waals surface area contributed by atoms with Crippen LogP contribution < -0.4 is 10.6 Å². The summed E-state index contributed by atoms with van der Waals surface area (Å²) in [6.45, 7) is 0. The first-order valence-corrected chi connectivity index (χ1v) is 11.2. The van der Waals surface area contributed by atoms with Gasteiger partial charge in [-0.05, 0) is 62.3 Å². The van der Waals surface area contributed by atoms with Crippen LogP contribution in [0.25, 0.3) is 0 Å². The maximum Gasteiger partial charge on any atom is 0.325 e. The van der Waals surface area contributed by atoms with Gasteiger partial charge in [0.15, 0.2) is 5.17 Å². The van der Waals surface area contributed by atoms with Crippen molar-refractivity contribution in [1.29, 1.82) is 0 Å². The summed E-state index contributed by atoms with van der Waals surface area (Å²) in [5.41, 5.74) is 3.37. The maximum atomic E-state index is 12.5. The van der Waals surface area contributed by atoms with E-state index in [-0.39, 0.29) is 10.8 Å². The van der Waals surface area contributed by atoms with Crippen LogP contribution in [0.5, 0.6) is 0 Å². The smallest absolute Gasteiger partial charge is 0.308 e. The first kappa shape index (κ1) is 19.2. The molecule has 0 atom stereocenters. The van der Waals surface area contributed by atoms with E-state index in [4.69, 9.17) is 28.2 Å². The Hall–Kier alpha value is -1.17. The average Bonchev–Trinajstić information content (AvgIpc) is 2.65. The lowest BCUT2D eigenvalue weighted by atomic mass is 9.77. The van der Waals surface area contributed by atoms with Gasteiger partial charge in [0.25, 0.3) is 0 Å². The molecule has 27 heavy (non-hydrogen) atoms. The molecular weight excluding hydrogens is 401 g/mol. The van der Waals surface area contributed by atoms with Crippen molar-refractivity contribution >= 4 is 51.8 Å². The molecule has 1 heterocycles. The molecule has 0 unspecified atom stereocenters. The molecule has 3 aliphatic rings. The third-order valence-corrected chi connectivity index (χ3v) is 7.75. The second kappa shape index (κ2) is 8.06. The quantitative estimate of drug-likeness (QED) is 0.524. The van der Waals surface area contributed by atoms with Gasteiger partial charge >= 0.3 is 6.03 Å². The highest BCUT2D eigenvalue weighted by Crippen LogP contribution is 2.52. The Morgan fingerprint density at radius 2 is 1.78 bits per heavy atom. The standard InChI is InChI=1S/C20H23Cl2N3OS/c21-15-9-8-13(12-16(15)22)23-18(26)25-19-24-17-7-3-2-6-14(17)20(27-19)10-4-1-5-11-20/h8-9,12H,1-7,10-11H2,(H2,23,24,25,26). The third-order valence-electron chi connectivity index (χ3n) is 5.58. The molecule has 2 N–H and O–H groups in total. The molecule has 4 rings (SSSR count). The highest BCUT2D eigenvalue weighted by molar-refractivity contribution is 8.15. The number of thioether (sulfide) groups is 1. The summed E-state index contributed by atoms with van der Waals surface area (Å²) in [6, 6.07) is 4.74. The van der Waals surface area contributed by atoms with E-state index in [9.17, 15) is 4.79 Å². The van der Waals surface area contributed by atoms with Crippen LogP contribution in [0.4, 0.5) is 10.5 Å². The Bertz CT molecular complexity index is 815. The summed E-state index contributed by atoms with van der Waals surface area (Å²) in [7, 11) is 0. The second-order valence-corrected chi connectivity index (χ2v) is 9.60. The van der Waals surface area contributed by atoms with Crippen molar-refractivity contribution in [2.75, 3.05) is 5.32 Å². The van der Waals surface area contributed by atoms with Crippen molar-refractivity contribution in [1.82, 2.24) is 5.32 Å². The molecule has 0 aromatic heterocycles. The molecule has 1 spiro atoms. The van der Waals surface area contributed by atoms with E-state index in [0.717, 1.165) is 18.0 Å². The number of fused-ring (bicyclic) bond motifs is 1. The summed E-state index contributed by atoms with van der Waals surface area (Å²) >= 11 is 13.7. The maximum absolute atomic E-state index is 12.5. The Kier molecular flexibility index (Phi) is 5.72. The Morgan fingerprint density at radius 1 is 1.00 bits per heavy atom. The van der Waals surface area contributed by atoms with Gasteiger partial charge < -0.3 is 5.32 Å². The molecule has 1 aromatic carbocycles. The Labute approximate surface area is 174 Å². The molecule has 2 aliphatic carbocycles. The zero-order valence-corrected chi connectivity index (χ0v) is 17.4. The molecule has 1 fully saturated rings. The Morgan fingerprint density at radius 3 is 2.56 bits per heavy atom. The molecule has 4 nitrogen and oxygen atoms in total. The van der Waals surface area contributed by atoms with E-state index in [2.05, 4.69) is 10.6 Å². The number of amidine groups is 1. The zero-order valence-electron chi connectivity index (χ0n) is 15.1. The van der Waals surface area contributed by atoms with Crippen molar-refractivity contribution in [3.05, 3.63) is 39.5 Å². The third kappa shape index (κ3) is 4.15. The van der Waals surface area contributed by atoms with Gasteiger partial charge in [-0.2, -0.15) is 0 Å². The van der Waals surface area contributed by atoms with E-state index in [1.807, 2.05) is 0 Å². The largest absolute Gasteiger partial charge is 0.325 e. The summed E-state index contributed by atoms with van der Waals surface area (Å²) < 4.78 is 0.141. The number of amides is 2. The van der Waals surface area contributed by atoms with Gasteiger partial charge in [-0.25, -0.2) is 9.79 Å². The van der Waals surface area contributed by atoms with Crippen molar-refractivity contribution in [3.63, 3.8) is 0 Å². The number of anilines is 1. The average molecular weight is 424 g/mol. The highest BCUT2D eigenvalue weighted by Gasteiger charge is 2.42. The summed E-state index contributed by atoms with van der Waals surface area (Å²) in [5.74, 6) is 0. The number of carbonyl (C=O) groups is 1. The number of nitrogens with zero attached hydrogens (tertiary/aromatic N) is 1. The van der Waals surface area contributed by atoms with Crippen molar-refractivity contribution in [2.24, 2.45) is 4.99 Å². The predicted octanol–water partition coefficient (Wildman–Crippen LogP) is 6.75. The lowest BCUT2D eigenvalue weighted by Gasteiger charge is -2.43. The fourth-order valence-corrected chi connectivity index (χ4v) is 6.11. The van der Waals surface area contributed by atoms with Crippen LogP contribution in [0.2, 0.25) is 10.0 Å². The van der Waals surface area contributed by atoms with E-state index in [1.54, 1.807) is 35.5 Å². The highest BCUT2D eigenvalue weighted by atomic mass is 35.5. The minimum Gasteiger partial charge on any atom is -0.308 e. The van der Waals surface area contributed by atoms with Crippen LogP contribution in [0.1, 0.15) is 57.8 Å². The van der Waals surface area contributed by atoms with Gasteiger partial charge in [0.2, 0.25) is 0 Å². The van der Waals surface area contributed by atoms with Gasteiger partial charge in [0, 0.05) is 16.1 Å². The number of hydrogen-bond acceptors (Lipinski definition) is 3. The number of nitrogens with one attached hydrogen (secondary N) is 2. The van der Waals surface area contributed by atoms with E-state index < -0.39 is 0 Å². The molecule has 7 heteroatoms. The first-order chi connectivity index (χ1) is 13.1. The SMILES string of the molecule is O=C(NC1=NC2=C(CCCC2)C2(CCCCC2)S1)Nc1ccc(Cl)c(Cl)c1. The van der Waals surface area contributed by atoms with Crippen molar-refractivity contribution in [2.45, 2.75) is 62.5 Å². The van der Waals surface area contributed by atoms with Gasteiger partial charge in [-0.1, -0.05) is 54.2 Å². The zero-order chi connectivity index (χ0) is 18.9. The minimum absolute atomic E-state index is 0.141. The number of allylic oxidation sites excluding steroid dienone is 1. The lowest BCUT2D eigenvalue weighted by molar-refractivity contribution is 0.256. The molecule has 144 valence electrons. The molecule has 0 bridgehead atoms. The predicted molar refractivity (Wildman–Crippen MR) is 115 cm³/mol. The van der Waals surface area contributed by atoms with Crippen LogP contribution >= 0.6 is 35.0 Å². The number of rotatable bonds is 1. The van der Waals surface area contributed by atoms with Gasteiger partial charge in [-0.3, -0.25) is 5.32 Å². The van der Waals surface area contributed by atoms with E-state index in [1.165, 1.54) is 50.6 Å². The fraction of sp³-hybridized carbons (Fsp3) is 0.500. The summed E-state index contributed by atoms with van der Waals surface area (Å²) in [4.78, 5) is 17.3. The number of hydrogen-bond donors (Lipinski definition) is 2. The van der Waals surface area contributed by atoms with Crippen molar-refractivity contribution < 1.29 is 4.79 Å². The second-order valence-electron chi connectivity index (χ2n) is 7.41. The first-order valence-electron chi connectivity index (χ1n) is 9.59. The van der Waals surface area contributed by atoms with Crippen LogP contribution in [0.15, 0.2) is 34.5 Å². The van der Waals surface area contributed by atoms with Crippen LogP contribution in [-0.4, -0.2) is 15.9 Å². The number of urea groups is 1. The lowest BCUT2D eigenvalue weighted by Crippen LogP contribution is -2.42. The van der Waals surface area contributed by atoms with E-state index in [0.29, 0.717) is 15.7 Å². The number of benzene rings is 1. The summed E-state index contributed by atoms with van der Waals surface area (Å²) in [5, 5.41) is 7.37. The van der Waals surface area contributed by atoms with Crippen LogP contribution in [0, 0.1) is 0 Å². The molecule has 0 radical (unpaired) electrons. The van der Waals surface area contributed by atoms with Gasteiger partial charge in [0.05, 0.1) is 10.0 Å². The fourth-order valence-electron chi connectivity index (χ4n) is 4.31. The van der Waals surface area contributed by atoms with Crippen molar-refractivity contribution in [3.8, 4) is 0 Å². The molecular formula is C20H23Cl2N3OS. The Balaban J connectivity index is 1.51. The van der Waals surface area contributed by atoms with Gasteiger partial charge in [-0.15, -0.1) is 0 Å². The van der Waals surface area contributed by atoms with Gasteiger partial charge in [0.1, 0.15) is 0 Å². The van der Waals surface area contributed by atoms with Crippen LogP contribution in [-0.2, 0) is 0 Å². The topological polar surface area (TPSA) is 53.5 Å². The number of carbonyl (C=O) groups excluding carboxylic acids is 1. The molecule has 1 saturated carbocycles. The number of halogens is 2. The molecule has 2 amide bonds. The monoisotopic (exact) mass is 423 g/mol. The normalized spacial score (nSPS) is 21.5. The molecule has 1 aliphatic heterocycles.